The minimum Gasteiger partial charge on any atom is -0.484 e. The largest absolute Gasteiger partial charge is 0.484 e. The molecule has 0 radical (unpaired) electrons. The minimum absolute atomic E-state index is 0.00473. The number of hydrogen-bond acceptors (Lipinski definition) is 6. The highest BCUT2D eigenvalue weighted by molar-refractivity contribution is 7.92. The second-order valence-corrected chi connectivity index (χ2v) is 12.2. The van der Waals surface area contributed by atoms with Gasteiger partial charge in [-0.25, -0.2) is 17.6 Å². The number of carbonyl (C=O) groups excluding carboxylic acids is 2. The van der Waals surface area contributed by atoms with E-state index in [1.54, 1.807) is 0 Å². The Morgan fingerprint density at radius 3 is 2.30 bits per heavy atom. The topological polar surface area (TPSA) is 114 Å². The van der Waals surface area contributed by atoms with Gasteiger partial charge < -0.3 is 14.8 Å². The number of amides is 2. The maximum Gasteiger partial charge on any atom is 0.457 e. The molecule has 1 aliphatic heterocycles. The van der Waals surface area contributed by atoms with Gasteiger partial charge in [-0.2, -0.15) is 22.0 Å². The van der Waals surface area contributed by atoms with E-state index in [1.807, 2.05) is 0 Å². The van der Waals surface area contributed by atoms with E-state index in [1.165, 1.54) is 19.1 Å². The number of carbonyl (C=O) groups is 2. The van der Waals surface area contributed by atoms with Gasteiger partial charge in [0, 0.05) is 18.5 Å². The van der Waals surface area contributed by atoms with Crippen LogP contribution in [0.3, 0.4) is 0 Å². The number of ether oxygens (including phenoxy) is 2. The predicted octanol–water partition coefficient (Wildman–Crippen LogP) is 5.61. The van der Waals surface area contributed by atoms with E-state index in [2.05, 4.69) is 10.6 Å². The van der Waals surface area contributed by atoms with Gasteiger partial charge in [-0.3, -0.25) is 14.4 Å². The van der Waals surface area contributed by atoms with Crippen LogP contribution < -0.4 is 19.7 Å². The van der Waals surface area contributed by atoms with Crippen LogP contribution in [-0.2, 0) is 19.6 Å². The number of alkyl halides is 5. The van der Waals surface area contributed by atoms with Gasteiger partial charge >= 0.3 is 18.2 Å². The van der Waals surface area contributed by atoms with Crippen LogP contribution in [0.25, 0.3) is 0 Å². The Labute approximate surface area is 243 Å². The van der Waals surface area contributed by atoms with Gasteiger partial charge in [0.25, 0.3) is 10.0 Å². The number of fused-ring (bicyclic) bond motifs is 1. The third-order valence-electron chi connectivity index (χ3n) is 7.16. The summed E-state index contributed by atoms with van der Waals surface area (Å²) in [5, 5.41) is 4.63. The molecule has 1 heterocycles. The molecule has 2 amide bonds. The lowest BCUT2D eigenvalue weighted by molar-refractivity contribution is -0.319. The molecular weight excluding hydrogens is 608 g/mol. The lowest BCUT2D eigenvalue weighted by Crippen LogP contribution is -2.53. The quantitative estimate of drug-likeness (QED) is 0.364. The first-order valence-electron chi connectivity index (χ1n) is 13.3. The minimum atomic E-state index is -5.96. The van der Waals surface area contributed by atoms with Gasteiger partial charge in [0.2, 0.25) is 5.91 Å². The lowest BCUT2D eigenvalue weighted by Gasteiger charge is -2.36. The van der Waals surface area contributed by atoms with E-state index in [0.29, 0.717) is 19.3 Å². The fraction of sp³-hybridized carbons (Fsp3) is 0.481. The SMILES string of the molecule is CC(=O)NCC1CN(S(=O)(=O)c2ccc(F)cc2)c2cc(NC(=O)OC(C3CCCCC3)C(F)(F)C(F)(F)F)ccc2O1. The Balaban J connectivity index is 1.62. The first-order valence-corrected chi connectivity index (χ1v) is 14.8. The van der Waals surface area contributed by atoms with Crippen molar-refractivity contribution in [2.24, 2.45) is 5.92 Å². The Kier molecular flexibility index (Phi) is 9.37. The summed E-state index contributed by atoms with van der Waals surface area (Å²) in [6.45, 7) is 0.846. The van der Waals surface area contributed by atoms with Crippen LogP contribution in [0.5, 0.6) is 5.75 Å². The summed E-state index contributed by atoms with van der Waals surface area (Å²) in [6, 6.07) is 7.53. The summed E-state index contributed by atoms with van der Waals surface area (Å²) in [7, 11) is -4.37. The molecule has 2 aliphatic rings. The van der Waals surface area contributed by atoms with Crippen molar-refractivity contribution >= 4 is 33.4 Å². The monoisotopic (exact) mass is 637 g/mol. The molecule has 0 saturated heterocycles. The van der Waals surface area contributed by atoms with Crippen LogP contribution in [0.4, 0.5) is 42.5 Å². The van der Waals surface area contributed by atoms with E-state index >= 15 is 0 Å². The van der Waals surface area contributed by atoms with Gasteiger partial charge in [-0.05, 0) is 55.3 Å². The number of rotatable bonds is 8. The molecule has 4 rings (SSSR count). The van der Waals surface area contributed by atoms with Gasteiger partial charge in [0.15, 0.2) is 6.10 Å². The molecule has 2 aromatic rings. The summed E-state index contributed by atoms with van der Waals surface area (Å²) >= 11 is 0. The highest BCUT2D eigenvalue weighted by Gasteiger charge is 2.65. The molecule has 2 unspecified atom stereocenters. The van der Waals surface area contributed by atoms with E-state index in [4.69, 9.17) is 9.47 Å². The van der Waals surface area contributed by atoms with Gasteiger partial charge in [0.05, 0.1) is 23.7 Å². The molecule has 2 N–H and O–H groups in total. The molecule has 1 saturated carbocycles. The van der Waals surface area contributed by atoms with E-state index < -0.39 is 58.1 Å². The van der Waals surface area contributed by atoms with E-state index in [9.17, 15) is 44.3 Å². The summed E-state index contributed by atoms with van der Waals surface area (Å²) in [4.78, 5) is 23.8. The molecule has 0 spiro atoms. The van der Waals surface area contributed by atoms with Crippen LogP contribution in [0.15, 0.2) is 47.4 Å². The summed E-state index contributed by atoms with van der Waals surface area (Å²) in [5.74, 6) is -7.61. The second-order valence-electron chi connectivity index (χ2n) is 10.3. The van der Waals surface area contributed by atoms with Crippen LogP contribution in [0.1, 0.15) is 39.0 Å². The highest BCUT2D eigenvalue weighted by atomic mass is 32.2. The molecule has 2 atom stereocenters. The number of nitrogens with zero attached hydrogens (tertiary/aromatic N) is 1. The molecule has 0 bridgehead atoms. The molecule has 16 heteroatoms. The summed E-state index contributed by atoms with van der Waals surface area (Å²) in [5.41, 5.74) is -0.310. The van der Waals surface area contributed by atoms with E-state index in [0.717, 1.165) is 34.6 Å². The van der Waals surface area contributed by atoms with Crippen LogP contribution in [-0.4, -0.2) is 57.8 Å². The number of benzene rings is 2. The smallest absolute Gasteiger partial charge is 0.457 e. The van der Waals surface area contributed by atoms with Crippen molar-refractivity contribution < 1.29 is 53.8 Å². The fourth-order valence-corrected chi connectivity index (χ4v) is 6.54. The van der Waals surface area contributed by atoms with Crippen LogP contribution >= 0.6 is 0 Å². The standard InChI is InChI=1S/C27H29F6N3O6S/c1-16(37)34-14-20-15-36(43(39,40)21-10-7-18(28)8-11-21)22-13-19(9-12-23(22)41-20)35-25(38)42-24(17-5-3-2-4-6-17)26(29,30)27(31,32)33/h7-13,17,20,24H,2-6,14-15H2,1H3,(H,34,37)(H,35,38). The third kappa shape index (κ3) is 7.28. The normalized spacial score (nSPS) is 18.7. The first kappa shape index (κ1) is 32.2. The lowest BCUT2D eigenvalue weighted by atomic mass is 9.82. The van der Waals surface area contributed by atoms with Gasteiger partial charge in [0.1, 0.15) is 17.7 Å². The Bertz CT molecular complexity index is 1430. The van der Waals surface area contributed by atoms with Crippen molar-refractivity contribution in [1.82, 2.24) is 5.32 Å². The second kappa shape index (κ2) is 12.5. The Hall–Kier alpha value is -3.69. The molecule has 1 fully saturated rings. The Morgan fingerprint density at radius 1 is 1.05 bits per heavy atom. The molecule has 43 heavy (non-hydrogen) atoms. The van der Waals surface area contributed by atoms with Crippen molar-refractivity contribution in [2.45, 2.75) is 68.2 Å². The van der Waals surface area contributed by atoms with Crippen molar-refractivity contribution in [3.05, 3.63) is 48.3 Å². The maximum absolute atomic E-state index is 14.5. The molecule has 236 valence electrons. The summed E-state index contributed by atoms with van der Waals surface area (Å²) in [6.07, 6.45) is -9.65. The summed E-state index contributed by atoms with van der Waals surface area (Å²) < 4.78 is 121. The zero-order valence-electron chi connectivity index (χ0n) is 22.8. The average Bonchev–Trinajstić information content (AvgIpc) is 2.94. The zero-order chi connectivity index (χ0) is 31.6. The number of anilines is 2. The third-order valence-corrected chi connectivity index (χ3v) is 8.96. The van der Waals surface area contributed by atoms with Crippen LogP contribution in [0, 0.1) is 11.7 Å². The number of nitrogens with one attached hydrogen (secondary N) is 2. The van der Waals surface area contributed by atoms with E-state index in [-0.39, 0.29) is 48.0 Å². The molecule has 0 aromatic heterocycles. The van der Waals surface area contributed by atoms with Gasteiger partial charge in [-0.15, -0.1) is 0 Å². The fourth-order valence-electron chi connectivity index (χ4n) is 5.04. The predicted molar refractivity (Wildman–Crippen MR) is 142 cm³/mol. The molecule has 1 aliphatic carbocycles. The van der Waals surface area contributed by atoms with Crippen molar-refractivity contribution in [1.29, 1.82) is 0 Å². The maximum atomic E-state index is 14.5. The number of halogens is 6. The number of sulfonamides is 1. The Morgan fingerprint density at radius 2 is 1.70 bits per heavy atom. The highest BCUT2D eigenvalue weighted by Crippen LogP contribution is 2.45. The van der Waals surface area contributed by atoms with Crippen molar-refractivity contribution in [3.63, 3.8) is 0 Å². The molecule has 9 nitrogen and oxygen atoms in total. The zero-order valence-corrected chi connectivity index (χ0v) is 23.6. The average molecular weight is 638 g/mol. The number of hydrogen-bond donors (Lipinski definition) is 2. The van der Waals surface area contributed by atoms with Crippen LogP contribution in [0.2, 0.25) is 0 Å². The molecule has 2 aromatic carbocycles. The molecular formula is C27H29F6N3O6S. The van der Waals surface area contributed by atoms with Crippen molar-refractivity contribution in [2.75, 3.05) is 22.7 Å². The first-order chi connectivity index (χ1) is 20.1. The van der Waals surface area contributed by atoms with Gasteiger partial charge in [-0.1, -0.05) is 19.3 Å². The van der Waals surface area contributed by atoms with Crippen molar-refractivity contribution in [3.8, 4) is 5.75 Å².